The van der Waals surface area contributed by atoms with Crippen molar-refractivity contribution in [1.29, 1.82) is 0 Å². The van der Waals surface area contributed by atoms with Crippen LogP contribution in [0.2, 0.25) is 5.02 Å². The third kappa shape index (κ3) is 3.39. The van der Waals surface area contributed by atoms with Crippen LogP contribution in [-0.4, -0.2) is 29.7 Å². The zero-order valence-corrected chi connectivity index (χ0v) is 18.3. The van der Waals surface area contributed by atoms with Crippen molar-refractivity contribution in [3.05, 3.63) is 82.4 Å². The minimum absolute atomic E-state index is 0.0414. The number of hydrogen-bond donors (Lipinski definition) is 1. The Kier molecular flexibility index (Phi) is 5.06. The molecule has 0 saturated carbocycles. The lowest BCUT2D eigenvalue weighted by molar-refractivity contribution is -0.134. The predicted molar refractivity (Wildman–Crippen MR) is 123 cm³/mol. The van der Waals surface area contributed by atoms with Crippen LogP contribution in [-0.2, 0) is 16.1 Å². The number of rotatable bonds is 3. The Labute approximate surface area is 191 Å². The Balaban J connectivity index is 1.49. The molecule has 0 bridgehead atoms. The van der Waals surface area contributed by atoms with Gasteiger partial charge in [-0.3, -0.25) is 19.7 Å². The molecule has 160 valence electrons. The van der Waals surface area contributed by atoms with Gasteiger partial charge in [0.1, 0.15) is 0 Å². The van der Waals surface area contributed by atoms with Crippen LogP contribution in [0.15, 0.2) is 60.7 Å². The molecule has 3 amide bonds. The number of nitrogens with one attached hydrogen (secondary N) is 1. The van der Waals surface area contributed by atoms with Gasteiger partial charge < -0.3 is 4.90 Å². The van der Waals surface area contributed by atoms with E-state index in [0.29, 0.717) is 24.4 Å². The second kappa shape index (κ2) is 7.92. The minimum Gasteiger partial charge on any atom is -0.337 e. The number of hydrogen-bond acceptors (Lipinski definition) is 3. The van der Waals surface area contributed by atoms with Gasteiger partial charge in [-0.2, -0.15) is 0 Å². The molecule has 1 N–H and O–H groups in total. The Morgan fingerprint density at radius 3 is 2.28 bits per heavy atom. The molecule has 5 nitrogen and oxygen atoms in total. The summed E-state index contributed by atoms with van der Waals surface area (Å²) >= 11 is 6.73. The van der Waals surface area contributed by atoms with Gasteiger partial charge in [0, 0.05) is 25.6 Å². The number of benzene rings is 3. The van der Waals surface area contributed by atoms with Crippen molar-refractivity contribution in [2.24, 2.45) is 0 Å². The van der Waals surface area contributed by atoms with Crippen molar-refractivity contribution < 1.29 is 14.4 Å². The number of halogens is 1. The first-order valence-corrected chi connectivity index (χ1v) is 10.9. The van der Waals surface area contributed by atoms with Gasteiger partial charge >= 0.3 is 0 Å². The highest BCUT2D eigenvalue weighted by Gasteiger charge is 2.30. The summed E-state index contributed by atoms with van der Waals surface area (Å²) < 4.78 is 0. The molecule has 1 fully saturated rings. The molecule has 2 aliphatic heterocycles. The van der Waals surface area contributed by atoms with Crippen LogP contribution in [0.1, 0.15) is 40.2 Å². The van der Waals surface area contributed by atoms with Gasteiger partial charge in [-0.05, 0) is 34.2 Å². The number of nitrogens with zero attached hydrogens (tertiary/aromatic N) is 1. The maximum atomic E-state index is 12.6. The van der Waals surface area contributed by atoms with Crippen molar-refractivity contribution in [3.8, 4) is 22.3 Å². The van der Waals surface area contributed by atoms with E-state index in [1.165, 1.54) is 0 Å². The van der Waals surface area contributed by atoms with Crippen LogP contribution < -0.4 is 5.32 Å². The average molecular weight is 445 g/mol. The summed E-state index contributed by atoms with van der Waals surface area (Å²) in [6, 6.07) is 19.5. The summed E-state index contributed by atoms with van der Waals surface area (Å²) in [7, 11) is 1.81. The maximum absolute atomic E-state index is 12.6. The normalized spacial score (nSPS) is 18.0. The molecule has 2 heterocycles. The first-order chi connectivity index (χ1) is 15.4. The molecule has 0 spiro atoms. The van der Waals surface area contributed by atoms with E-state index in [4.69, 9.17) is 11.6 Å². The zero-order chi connectivity index (χ0) is 22.4. The molecular weight excluding hydrogens is 424 g/mol. The molecule has 3 aromatic carbocycles. The highest BCUT2D eigenvalue weighted by molar-refractivity contribution is 6.34. The second-order valence-corrected chi connectivity index (χ2v) is 8.67. The average Bonchev–Trinajstić information content (AvgIpc) is 3.08. The lowest BCUT2D eigenvalue weighted by Crippen LogP contribution is -2.39. The number of piperidine rings is 1. The third-order valence-corrected chi connectivity index (χ3v) is 6.69. The molecule has 1 saturated heterocycles. The number of carbonyl (C=O) groups is 3. The Morgan fingerprint density at radius 1 is 0.906 bits per heavy atom. The van der Waals surface area contributed by atoms with E-state index in [9.17, 15) is 14.4 Å². The fourth-order valence-corrected chi connectivity index (χ4v) is 4.97. The number of amides is 3. The molecule has 2 aliphatic rings. The molecule has 0 aromatic heterocycles. The highest BCUT2D eigenvalue weighted by atomic mass is 35.5. The van der Waals surface area contributed by atoms with Gasteiger partial charge in [-0.15, -0.1) is 0 Å². The van der Waals surface area contributed by atoms with Gasteiger partial charge in [0.2, 0.25) is 11.8 Å². The SMILES string of the molecule is CN1Cc2cccc(-c3ccc(-c4cccc(C5CCC(=O)NC5=O)c4Cl)cc3)c2C1=O. The van der Waals surface area contributed by atoms with E-state index in [0.717, 1.165) is 38.9 Å². The quantitative estimate of drug-likeness (QED) is 0.591. The van der Waals surface area contributed by atoms with Gasteiger partial charge in [0.05, 0.1) is 16.5 Å². The topological polar surface area (TPSA) is 66.5 Å². The van der Waals surface area contributed by atoms with E-state index < -0.39 is 5.92 Å². The van der Waals surface area contributed by atoms with Gasteiger partial charge in [-0.25, -0.2) is 0 Å². The molecule has 0 radical (unpaired) electrons. The molecule has 1 atom stereocenters. The summed E-state index contributed by atoms with van der Waals surface area (Å²) in [5.41, 5.74) is 6.17. The van der Waals surface area contributed by atoms with Crippen molar-refractivity contribution >= 4 is 29.3 Å². The van der Waals surface area contributed by atoms with E-state index in [2.05, 4.69) is 5.32 Å². The Bertz CT molecular complexity index is 1270. The molecule has 0 aliphatic carbocycles. The molecule has 5 rings (SSSR count). The fourth-order valence-electron chi connectivity index (χ4n) is 4.60. The lowest BCUT2D eigenvalue weighted by atomic mass is 9.88. The Morgan fingerprint density at radius 2 is 1.56 bits per heavy atom. The standard InChI is InChI=1S/C26H21ClN2O3/c1-29-14-17-4-2-5-18(23(17)26(29)32)15-8-10-16(11-9-15)19-6-3-7-20(24(19)27)21-12-13-22(30)28-25(21)31/h2-11,21H,12-14H2,1H3,(H,28,30,31). The first kappa shape index (κ1) is 20.5. The monoisotopic (exact) mass is 444 g/mol. The minimum atomic E-state index is -0.436. The van der Waals surface area contributed by atoms with Crippen molar-refractivity contribution in [2.45, 2.75) is 25.3 Å². The summed E-state index contributed by atoms with van der Waals surface area (Å²) in [6.07, 6.45) is 0.759. The van der Waals surface area contributed by atoms with Crippen LogP contribution in [0.5, 0.6) is 0 Å². The third-order valence-electron chi connectivity index (χ3n) is 6.27. The van der Waals surface area contributed by atoms with Crippen LogP contribution in [0.25, 0.3) is 22.3 Å². The van der Waals surface area contributed by atoms with Gasteiger partial charge in [0.15, 0.2) is 0 Å². The van der Waals surface area contributed by atoms with Crippen molar-refractivity contribution in [2.75, 3.05) is 7.05 Å². The smallest absolute Gasteiger partial charge is 0.254 e. The van der Waals surface area contributed by atoms with E-state index >= 15 is 0 Å². The number of fused-ring (bicyclic) bond motifs is 1. The van der Waals surface area contributed by atoms with Gasteiger partial charge in [0.25, 0.3) is 5.91 Å². The van der Waals surface area contributed by atoms with Crippen LogP contribution in [0.4, 0.5) is 0 Å². The largest absolute Gasteiger partial charge is 0.337 e. The highest BCUT2D eigenvalue weighted by Crippen LogP contribution is 2.38. The maximum Gasteiger partial charge on any atom is 0.254 e. The molecule has 1 unspecified atom stereocenters. The number of imide groups is 1. The number of carbonyl (C=O) groups excluding carboxylic acids is 3. The van der Waals surface area contributed by atoms with E-state index in [1.807, 2.05) is 67.7 Å². The van der Waals surface area contributed by atoms with Crippen LogP contribution >= 0.6 is 11.6 Å². The first-order valence-electron chi connectivity index (χ1n) is 10.5. The van der Waals surface area contributed by atoms with Crippen LogP contribution in [0.3, 0.4) is 0 Å². The summed E-state index contributed by atoms with van der Waals surface area (Å²) in [5.74, 6) is -0.941. The van der Waals surface area contributed by atoms with E-state index in [1.54, 1.807) is 4.90 Å². The molecule has 32 heavy (non-hydrogen) atoms. The van der Waals surface area contributed by atoms with Crippen LogP contribution in [0, 0.1) is 0 Å². The molecule has 3 aromatic rings. The Hall–Kier alpha value is -3.44. The predicted octanol–water partition coefficient (Wildman–Crippen LogP) is 4.78. The summed E-state index contributed by atoms with van der Waals surface area (Å²) in [6.45, 7) is 0.628. The van der Waals surface area contributed by atoms with Crippen molar-refractivity contribution in [3.63, 3.8) is 0 Å². The second-order valence-electron chi connectivity index (χ2n) is 8.29. The zero-order valence-electron chi connectivity index (χ0n) is 17.5. The molecular formula is C26H21ClN2O3. The van der Waals surface area contributed by atoms with Gasteiger partial charge in [-0.1, -0.05) is 72.3 Å². The fraction of sp³-hybridized carbons (Fsp3) is 0.192. The van der Waals surface area contributed by atoms with E-state index in [-0.39, 0.29) is 17.7 Å². The lowest BCUT2D eigenvalue weighted by Gasteiger charge is -2.23. The summed E-state index contributed by atoms with van der Waals surface area (Å²) in [4.78, 5) is 38.2. The molecule has 6 heteroatoms. The summed E-state index contributed by atoms with van der Waals surface area (Å²) in [5, 5.41) is 2.92. The van der Waals surface area contributed by atoms with Crippen molar-refractivity contribution in [1.82, 2.24) is 10.2 Å².